The maximum atomic E-state index is 11.4. The van der Waals surface area contributed by atoms with Crippen LogP contribution in [-0.4, -0.2) is 30.7 Å². The maximum absolute atomic E-state index is 11.4. The van der Waals surface area contributed by atoms with Gasteiger partial charge in [0.05, 0.1) is 29.4 Å². The zero-order valence-electron chi connectivity index (χ0n) is 9.41. The zero-order valence-corrected chi connectivity index (χ0v) is 10.2. The lowest BCUT2D eigenvalue weighted by Gasteiger charge is -2.09. The van der Waals surface area contributed by atoms with Crippen molar-refractivity contribution in [1.82, 2.24) is 15.3 Å². The van der Waals surface area contributed by atoms with Crippen molar-refractivity contribution in [3.63, 3.8) is 0 Å². The van der Waals surface area contributed by atoms with Crippen molar-refractivity contribution in [1.29, 1.82) is 0 Å². The second kappa shape index (κ2) is 4.55. The lowest BCUT2D eigenvalue weighted by atomic mass is 10.3. The Balaban J connectivity index is 2.07. The topological polar surface area (TPSA) is 74.8 Å². The largest absolute Gasteiger partial charge is 0.344 e. The van der Waals surface area contributed by atoms with Crippen LogP contribution in [0, 0.1) is 0 Å². The number of sulfone groups is 1. The molecule has 6 heteroatoms. The number of nitrogens with one attached hydrogen (secondary N) is 2. The lowest BCUT2D eigenvalue weighted by Crippen LogP contribution is -2.18. The molecule has 0 spiro atoms. The van der Waals surface area contributed by atoms with Gasteiger partial charge in [-0.2, -0.15) is 0 Å². The SMILES string of the molecule is CCCNCc1nc2c([nH]1)CS(=O)(=O)CC2. The molecule has 0 fully saturated rings. The predicted octanol–water partition coefficient (Wildman–Crippen LogP) is 0.380. The molecule has 0 aliphatic carbocycles. The summed E-state index contributed by atoms with van der Waals surface area (Å²) in [6, 6.07) is 0. The van der Waals surface area contributed by atoms with E-state index >= 15 is 0 Å². The Hall–Kier alpha value is -0.880. The van der Waals surface area contributed by atoms with E-state index in [0.717, 1.165) is 30.2 Å². The van der Waals surface area contributed by atoms with Crippen molar-refractivity contribution >= 4 is 9.84 Å². The van der Waals surface area contributed by atoms with E-state index in [0.29, 0.717) is 13.0 Å². The van der Waals surface area contributed by atoms with Gasteiger partial charge >= 0.3 is 0 Å². The second-order valence-electron chi connectivity index (χ2n) is 4.13. The number of fused-ring (bicyclic) bond motifs is 1. The standard InChI is InChI=1S/C10H17N3O2S/c1-2-4-11-6-10-12-8-3-5-16(14,15)7-9(8)13-10/h11H,2-7H2,1H3,(H,12,13). The summed E-state index contributed by atoms with van der Waals surface area (Å²) in [7, 11) is -2.90. The molecule has 0 unspecified atom stereocenters. The predicted molar refractivity (Wildman–Crippen MR) is 61.8 cm³/mol. The Labute approximate surface area is 95.6 Å². The Morgan fingerprint density at radius 3 is 3.06 bits per heavy atom. The first-order valence-corrected chi connectivity index (χ1v) is 7.40. The fraction of sp³-hybridized carbons (Fsp3) is 0.700. The maximum Gasteiger partial charge on any atom is 0.156 e. The molecule has 1 aromatic heterocycles. The molecule has 0 bridgehead atoms. The third kappa shape index (κ3) is 2.62. The summed E-state index contributed by atoms with van der Waals surface area (Å²) >= 11 is 0. The highest BCUT2D eigenvalue weighted by Gasteiger charge is 2.24. The van der Waals surface area contributed by atoms with Crippen molar-refractivity contribution in [2.24, 2.45) is 0 Å². The van der Waals surface area contributed by atoms with Crippen molar-refractivity contribution < 1.29 is 8.42 Å². The van der Waals surface area contributed by atoms with Gasteiger partial charge in [-0.25, -0.2) is 13.4 Å². The number of hydrogen-bond donors (Lipinski definition) is 2. The van der Waals surface area contributed by atoms with Crippen LogP contribution < -0.4 is 5.32 Å². The van der Waals surface area contributed by atoms with Gasteiger partial charge in [0.25, 0.3) is 0 Å². The first kappa shape index (κ1) is 11.6. The fourth-order valence-corrected chi connectivity index (χ4v) is 3.17. The molecule has 0 aromatic carbocycles. The van der Waals surface area contributed by atoms with E-state index in [1.165, 1.54) is 0 Å². The Bertz CT molecular complexity index is 464. The molecule has 16 heavy (non-hydrogen) atoms. The van der Waals surface area contributed by atoms with Crippen LogP contribution >= 0.6 is 0 Å². The first-order valence-electron chi connectivity index (χ1n) is 5.58. The summed E-state index contributed by atoms with van der Waals surface area (Å²) in [4.78, 5) is 7.50. The van der Waals surface area contributed by atoms with Crippen molar-refractivity contribution in [3.05, 3.63) is 17.2 Å². The van der Waals surface area contributed by atoms with Crippen LogP contribution in [0.15, 0.2) is 0 Å². The zero-order chi connectivity index (χ0) is 11.6. The summed E-state index contributed by atoms with van der Waals surface area (Å²) < 4.78 is 22.8. The van der Waals surface area contributed by atoms with Gasteiger partial charge in [-0.3, -0.25) is 0 Å². The Morgan fingerprint density at radius 1 is 1.50 bits per heavy atom. The highest BCUT2D eigenvalue weighted by molar-refractivity contribution is 7.90. The normalized spacial score (nSPS) is 18.3. The van der Waals surface area contributed by atoms with E-state index in [-0.39, 0.29) is 11.5 Å². The summed E-state index contributed by atoms with van der Waals surface area (Å²) in [5.74, 6) is 1.19. The second-order valence-corrected chi connectivity index (χ2v) is 6.31. The molecule has 1 aliphatic rings. The quantitative estimate of drug-likeness (QED) is 0.750. The van der Waals surface area contributed by atoms with Gasteiger partial charge in [-0.05, 0) is 13.0 Å². The molecule has 1 aliphatic heterocycles. The number of aromatic amines is 1. The number of nitrogens with zero attached hydrogens (tertiary/aromatic N) is 1. The van der Waals surface area contributed by atoms with Crippen LogP contribution in [-0.2, 0) is 28.6 Å². The highest BCUT2D eigenvalue weighted by atomic mass is 32.2. The number of imidazole rings is 1. The molecule has 1 aromatic rings. The van der Waals surface area contributed by atoms with Gasteiger partial charge in [0.15, 0.2) is 9.84 Å². The van der Waals surface area contributed by atoms with E-state index in [4.69, 9.17) is 0 Å². The molecule has 0 saturated heterocycles. The van der Waals surface area contributed by atoms with Crippen LogP contribution in [0.3, 0.4) is 0 Å². The average Bonchev–Trinajstić information content (AvgIpc) is 2.58. The van der Waals surface area contributed by atoms with E-state index < -0.39 is 9.84 Å². The summed E-state index contributed by atoms with van der Waals surface area (Å²) in [6.45, 7) is 3.73. The smallest absolute Gasteiger partial charge is 0.156 e. The van der Waals surface area contributed by atoms with Gasteiger partial charge in [-0.1, -0.05) is 6.92 Å². The molecule has 0 amide bonds. The Kier molecular flexibility index (Phi) is 3.30. The molecule has 2 heterocycles. The van der Waals surface area contributed by atoms with Gasteiger partial charge in [0, 0.05) is 6.42 Å². The van der Waals surface area contributed by atoms with E-state index in [1.54, 1.807) is 0 Å². The number of hydrogen-bond acceptors (Lipinski definition) is 4. The molecule has 0 radical (unpaired) electrons. The monoisotopic (exact) mass is 243 g/mol. The van der Waals surface area contributed by atoms with Crippen molar-refractivity contribution in [2.75, 3.05) is 12.3 Å². The Morgan fingerprint density at radius 2 is 2.31 bits per heavy atom. The van der Waals surface area contributed by atoms with Crippen molar-refractivity contribution in [3.8, 4) is 0 Å². The molecule has 0 atom stereocenters. The third-order valence-corrected chi connectivity index (χ3v) is 4.20. The minimum absolute atomic E-state index is 0.114. The highest BCUT2D eigenvalue weighted by Crippen LogP contribution is 2.18. The van der Waals surface area contributed by atoms with Crippen molar-refractivity contribution in [2.45, 2.75) is 32.1 Å². The molecule has 2 N–H and O–H groups in total. The average molecular weight is 243 g/mol. The van der Waals surface area contributed by atoms with Crippen LogP contribution in [0.4, 0.5) is 0 Å². The molecule has 5 nitrogen and oxygen atoms in total. The molecular weight excluding hydrogens is 226 g/mol. The fourth-order valence-electron chi connectivity index (χ4n) is 1.84. The van der Waals surface area contributed by atoms with Crippen LogP contribution in [0.25, 0.3) is 0 Å². The summed E-state index contributed by atoms with van der Waals surface area (Å²) in [5.41, 5.74) is 1.70. The first-order chi connectivity index (χ1) is 7.61. The minimum atomic E-state index is -2.90. The third-order valence-electron chi connectivity index (χ3n) is 2.65. The van der Waals surface area contributed by atoms with E-state index in [2.05, 4.69) is 22.2 Å². The van der Waals surface area contributed by atoms with Gasteiger partial charge < -0.3 is 10.3 Å². The van der Waals surface area contributed by atoms with Crippen LogP contribution in [0.1, 0.15) is 30.6 Å². The number of aromatic nitrogens is 2. The van der Waals surface area contributed by atoms with Gasteiger partial charge in [0.2, 0.25) is 0 Å². The molecular formula is C10H17N3O2S. The van der Waals surface area contributed by atoms with Gasteiger partial charge in [-0.15, -0.1) is 0 Å². The summed E-state index contributed by atoms with van der Waals surface area (Å²) in [6.07, 6.45) is 1.62. The van der Waals surface area contributed by atoms with E-state index in [1.807, 2.05) is 0 Å². The van der Waals surface area contributed by atoms with Crippen LogP contribution in [0.2, 0.25) is 0 Å². The number of rotatable bonds is 4. The van der Waals surface area contributed by atoms with Crippen LogP contribution in [0.5, 0.6) is 0 Å². The summed E-state index contributed by atoms with van der Waals surface area (Å²) in [5, 5.41) is 3.24. The molecule has 2 rings (SSSR count). The lowest BCUT2D eigenvalue weighted by molar-refractivity contribution is 0.590. The minimum Gasteiger partial charge on any atom is -0.344 e. The van der Waals surface area contributed by atoms with Gasteiger partial charge in [0.1, 0.15) is 5.82 Å². The number of aryl methyl sites for hydroxylation is 1. The number of H-pyrrole nitrogens is 1. The molecule has 0 saturated carbocycles. The van der Waals surface area contributed by atoms with E-state index in [9.17, 15) is 8.42 Å². The molecule has 90 valence electrons.